The third-order valence-corrected chi connectivity index (χ3v) is 3.63. The Hall–Kier alpha value is -1.26. The first-order valence-electron chi connectivity index (χ1n) is 6.60. The molecule has 1 aromatic carbocycles. The second kappa shape index (κ2) is 6.78. The number of hydrogen-bond acceptors (Lipinski definition) is 3. The number of nitrogens with one attached hydrogen (secondary N) is 1. The molecule has 19 heavy (non-hydrogen) atoms. The monoisotopic (exact) mass is 282 g/mol. The van der Waals surface area contributed by atoms with Crippen molar-refractivity contribution >= 4 is 17.5 Å². The highest BCUT2D eigenvalue weighted by Crippen LogP contribution is 2.28. The highest BCUT2D eigenvalue weighted by molar-refractivity contribution is 6.32. The van der Waals surface area contributed by atoms with Gasteiger partial charge >= 0.3 is 0 Å². The summed E-state index contributed by atoms with van der Waals surface area (Å²) in [5.41, 5.74) is 6.43. The van der Waals surface area contributed by atoms with Gasteiger partial charge in [-0.15, -0.1) is 0 Å². The van der Waals surface area contributed by atoms with E-state index < -0.39 is 0 Å². The number of para-hydroxylation sites is 1. The molecule has 1 saturated carbocycles. The molecule has 0 atom stereocenters. The minimum atomic E-state index is -0.102. The molecule has 0 aliphatic heterocycles. The Bertz CT molecular complexity index is 445. The van der Waals surface area contributed by atoms with Crippen LogP contribution in [0.15, 0.2) is 18.2 Å². The lowest BCUT2D eigenvalue weighted by Crippen LogP contribution is -2.36. The summed E-state index contributed by atoms with van der Waals surface area (Å²) in [6.45, 7) is 0.313. The summed E-state index contributed by atoms with van der Waals surface area (Å²) in [4.78, 5) is 11.8. The molecule has 1 fully saturated rings. The van der Waals surface area contributed by atoms with E-state index in [9.17, 15) is 4.79 Å². The van der Waals surface area contributed by atoms with E-state index in [2.05, 4.69) is 5.32 Å². The van der Waals surface area contributed by atoms with Crippen molar-refractivity contribution < 1.29 is 9.53 Å². The summed E-state index contributed by atoms with van der Waals surface area (Å²) in [6, 6.07) is 5.69. The van der Waals surface area contributed by atoms with Gasteiger partial charge in [0.25, 0.3) is 5.91 Å². The molecule has 3 N–H and O–H groups in total. The molecule has 1 amide bonds. The fourth-order valence-electron chi connectivity index (χ4n) is 2.35. The predicted molar refractivity (Wildman–Crippen MR) is 75.2 cm³/mol. The number of hydrogen-bond donors (Lipinski definition) is 2. The van der Waals surface area contributed by atoms with Crippen molar-refractivity contribution in [2.75, 3.05) is 6.61 Å². The van der Waals surface area contributed by atoms with E-state index in [4.69, 9.17) is 22.1 Å². The lowest BCUT2D eigenvalue weighted by atomic mass is 10.2. The van der Waals surface area contributed by atoms with Crippen molar-refractivity contribution in [2.45, 2.75) is 38.3 Å². The lowest BCUT2D eigenvalue weighted by molar-refractivity contribution is -0.123. The minimum absolute atomic E-state index is 0.0206. The molecule has 0 unspecified atom stereocenters. The number of nitrogens with two attached hydrogens (primary N) is 1. The molecule has 1 aliphatic rings. The zero-order valence-corrected chi connectivity index (χ0v) is 11.6. The van der Waals surface area contributed by atoms with E-state index in [0.717, 1.165) is 18.4 Å². The number of amides is 1. The van der Waals surface area contributed by atoms with Gasteiger partial charge in [-0.25, -0.2) is 0 Å². The number of carbonyl (C=O) groups is 1. The maximum absolute atomic E-state index is 11.8. The van der Waals surface area contributed by atoms with Crippen LogP contribution in [0.1, 0.15) is 31.2 Å². The van der Waals surface area contributed by atoms with Crippen LogP contribution in [-0.4, -0.2) is 18.6 Å². The molecule has 0 bridgehead atoms. The topological polar surface area (TPSA) is 64.3 Å². The van der Waals surface area contributed by atoms with Crippen LogP contribution in [0.4, 0.5) is 0 Å². The smallest absolute Gasteiger partial charge is 0.258 e. The zero-order chi connectivity index (χ0) is 13.7. The standard InChI is InChI=1S/C14H19ClN2O2/c15-12-7-3-4-10(8-16)14(12)19-9-13(18)17-11-5-1-2-6-11/h3-4,7,11H,1-2,5-6,8-9,16H2,(H,17,18). The number of ether oxygens (including phenoxy) is 1. The Morgan fingerprint density at radius 1 is 1.42 bits per heavy atom. The van der Waals surface area contributed by atoms with Crippen LogP contribution >= 0.6 is 11.6 Å². The normalized spacial score (nSPS) is 15.5. The molecule has 1 aromatic rings. The van der Waals surface area contributed by atoms with Crippen LogP contribution in [0.3, 0.4) is 0 Å². The molecule has 0 spiro atoms. The molecule has 1 aliphatic carbocycles. The van der Waals surface area contributed by atoms with Crippen LogP contribution in [0.25, 0.3) is 0 Å². The van der Waals surface area contributed by atoms with Crippen LogP contribution in [0.5, 0.6) is 5.75 Å². The van der Waals surface area contributed by atoms with Gasteiger partial charge in [0.05, 0.1) is 5.02 Å². The van der Waals surface area contributed by atoms with Gasteiger partial charge in [0.15, 0.2) is 6.61 Å². The van der Waals surface area contributed by atoms with Crippen LogP contribution in [-0.2, 0) is 11.3 Å². The number of rotatable bonds is 5. The van der Waals surface area contributed by atoms with Gasteiger partial charge in [-0.05, 0) is 18.9 Å². The summed E-state index contributed by atoms with van der Waals surface area (Å²) in [5.74, 6) is 0.406. The van der Waals surface area contributed by atoms with E-state index in [1.807, 2.05) is 12.1 Å². The number of halogens is 1. The second-order valence-corrected chi connectivity index (χ2v) is 5.18. The Morgan fingerprint density at radius 2 is 2.16 bits per heavy atom. The van der Waals surface area contributed by atoms with E-state index in [1.165, 1.54) is 12.8 Å². The summed E-state index contributed by atoms with van der Waals surface area (Å²) >= 11 is 6.05. The molecule has 0 saturated heterocycles. The molecule has 2 rings (SSSR count). The highest BCUT2D eigenvalue weighted by atomic mass is 35.5. The van der Waals surface area contributed by atoms with Gasteiger partial charge in [-0.2, -0.15) is 0 Å². The maximum Gasteiger partial charge on any atom is 0.258 e. The van der Waals surface area contributed by atoms with Gasteiger partial charge in [0, 0.05) is 18.2 Å². The van der Waals surface area contributed by atoms with Gasteiger partial charge in [0.2, 0.25) is 0 Å². The van der Waals surface area contributed by atoms with Crippen molar-refractivity contribution in [3.63, 3.8) is 0 Å². The first kappa shape index (κ1) is 14.2. The van der Waals surface area contributed by atoms with E-state index in [0.29, 0.717) is 23.4 Å². The Labute approximate surface area is 118 Å². The third-order valence-electron chi connectivity index (χ3n) is 3.34. The third kappa shape index (κ3) is 3.85. The van der Waals surface area contributed by atoms with Gasteiger partial charge < -0.3 is 15.8 Å². The van der Waals surface area contributed by atoms with Gasteiger partial charge in [0.1, 0.15) is 5.75 Å². The molecule has 5 heteroatoms. The fourth-order valence-corrected chi connectivity index (χ4v) is 2.60. The quantitative estimate of drug-likeness (QED) is 0.870. The summed E-state index contributed by atoms with van der Waals surface area (Å²) in [5, 5.41) is 3.45. The average molecular weight is 283 g/mol. The molecule has 0 radical (unpaired) electrons. The average Bonchev–Trinajstić information content (AvgIpc) is 2.89. The predicted octanol–water partition coefficient (Wildman–Crippen LogP) is 2.24. The van der Waals surface area contributed by atoms with E-state index in [-0.39, 0.29) is 12.5 Å². The van der Waals surface area contributed by atoms with Crippen LogP contribution in [0.2, 0.25) is 5.02 Å². The van der Waals surface area contributed by atoms with Crippen LogP contribution in [0, 0.1) is 0 Å². The molecule has 0 aromatic heterocycles. The summed E-state index contributed by atoms with van der Waals surface area (Å²) < 4.78 is 5.51. The van der Waals surface area contributed by atoms with Crippen molar-refractivity contribution in [3.8, 4) is 5.75 Å². The Morgan fingerprint density at radius 3 is 2.84 bits per heavy atom. The van der Waals surface area contributed by atoms with Crippen molar-refractivity contribution in [1.29, 1.82) is 0 Å². The Balaban J connectivity index is 1.89. The Kier molecular flexibility index (Phi) is 5.05. The second-order valence-electron chi connectivity index (χ2n) is 4.77. The molecular weight excluding hydrogens is 264 g/mol. The molecular formula is C14H19ClN2O2. The fraction of sp³-hybridized carbons (Fsp3) is 0.500. The largest absolute Gasteiger partial charge is 0.482 e. The van der Waals surface area contributed by atoms with Crippen LogP contribution < -0.4 is 15.8 Å². The van der Waals surface area contributed by atoms with Crippen molar-refractivity contribution in [1.82, 2.24) is 5.32 Å². The first-order valence-corrected chi connectivity index (χ1v) is 6.98. The van der Waals surface area contributed by atoms with Crippen molar-refractivity contribution in [2.24, 2.45) is 5.73 Å². The maximum atomic E-state index is 11.8. The van der Waals surface area contributed by atoms with Gasteiger partial charge in [-0.3, -0.25) is 4.79 Å². The molecule has 4 nitrogen and oxygen atoms in total. The number of benzene rings is 1. The summed E-state index contributed by atoms with van der Waals surface area (Å²) in [6.07, 6.45) is 4.50. The molecule has 104 valence electrons. The minimum Gasteiger partial charge on any atom is -0.482 e. The number of carbonyl (C=O) groups excluding carboxylic acids is 1. The van der Waals surface area contributed by atoms with E-state index >= 15 is 0 Å². The zero-order valence-electron chi connectivity index (χ0n) is 10.8. The van der Waals surface area contributed by atoms with Gasteiger partial charge in [-0.1, -0.05) is 36.6 Å². The lowest BCUT2D eigenvalue weighted by Gasteiger charge is -2.14. The van der Waals surface area contributed by atoms with E-state index in [1.54, 1.807) is 6.07 Å². The first-order chi connectivity index (χ1) is 9.20. The molecule has 0 heterocycles. The SMILES string of the molecule is NCc1cccc(Cl)c1OCC(=O)NC1CCCC1. The summed E-state index contributed by atoms with van der Waals surface area (Å²) in [7, 11) is 0. The van der Waals surface area contributed by atoms with Crippen molar-refractivity contribution in [3.05, 3.63) is 28.8 Å². The highest BCUT2D eigenvalue weighted by Gasteiger charge is 2.17.